The summed E-state index contributed by atoms with van der Waals surface area (Å²) >= 11 is 0. The second-order valence-electron chi connectivity index (χ2n) is 6.04. The molecule has 0 heterocycles. The van der Waals surface area contributed by atoms with E-state index in [0.29, 0.717) is 0 Å². The van der Waals surface area contributed by atoms with Crippen molar-refractivity contribution in [1.82, 2.24) is 0 Å². The molecule has 1 fully saturated rings. The van der Waals surface area contributed by atoms with Crippen LogP contribution in [0.3, 0.4) is 0 Å². The molecule has 1 aliphatic rings. The van der Waals surface area contributed by atoms with E-state index in [2.05, 4.69) is 43.3 Å². The van der Waals surface area contributed by atoms with Crippen molar-refractivity contribution in [2.24, 2.45) is 5.92 Å². The number of allylic oxidation sites excluding steroid dienone is 2. The average molecular weight is 272 g/mol. The monoisotopic (exact) mass is 272 g/mol. The maximum Gasteiger partial charge on any atom is 0.0713 e. The molecule has 0 atom stereocenters. The van der Waals surface area contributed by atoms with Gasteiger partial charge in [0.05, 0.1) is 6.61 Å². The van der Waals surface area contributed by atoms with Gasteiger partial charge in [0, 0.05) is 7.11 Å². The van der Waals surface area contributed by atoms with Crippen molar-refractivity contribution in [2.45, 2.75) is 58.0 Å². The Balaban J connectivity index is 1.80. The highest BCUT2D eigenvalue weighted by atomic mass is 16.5. The van der Waals surface area contributed by atoms with Crippen LogP contribution in [-0.4, -0.2) is 7.11 Å². The van der Waals surface area contributed by atoms with Gasteiger partial charge in [-0.1, -0.05) is 36.4 Å². The van der Waals surface area contributed by atoms with Crippen LogP contribution in [0.5, 0.6) is 0 Å². The van der Waals surface area contributed by atoms with Gasteiger partial charge in [-0.3, -0.25) is 0 Å². The normalized spacial score (nSPS) is 23.3. The molecule has 20 heavy (non-hydrogen) atoms. The van der Waals surface area contributed by atoms with Gasteiger partial charge in [0.25, 0.3) is 0 Å². The first-order valence-corrected chi connectivity index (χ1v) is 8.02. The number of hydrogen-bond acceptors (Lipinski definition) is 1. The maximum absolute atomic E-state index is 5.17. The van der Waals surface area contributed by atoms with E-state index in [4.69, 9.17) is 4.74 Å². The smallest absolute Gasteiger partial charge is 0.0713 e. The van der Waals surface area contributed by atoms with Gasteiger partial charge in [-0.15, -0.1) is 0 Å². The highest BCUT2D eigenvalue weighted by Crippen LogP contribution is 2.37. The molecule has 0 spiro atoms. The molecule has 0 aliphatic heterocycles. The van der Waals surface area contributed by atoms with Gasteiger partial charge in [0.2, 0.25) is 0 Å². The zero-order chi connectivity index (χ0) is 14.2. The van der Waals surface area contributed by atoms with Gasteiger partial charge >= 0.3 is 0 Å². The molecular weight excluding hydrogens is 244 g/mol. The van der Waals surface area contributed by atoms with Crippen LogP contribution in [0.25, 0.3) is 0 Å². The highest BCUT2D eigenvalue weighted by molar-refractivity contribution is 5.25. The second kappa shape index (κ2) is 8.26. The number of hydrogen-bond donors (Lipinski definition) is 0. The van der Waals surface area contributed by atoms with Gasteiger partial charge < -0.3 is 4.74 Å². The van der Waals surface area contributed by atoms with Crippen LogP contribution < -0.4 is 0 Å². The molecule has 1 saturated carbocycles. The van der Waals surface area contributed by atoms with Crippen molar-refractivity contribution in [1.29, 1.82) is 0 Å². The summed E-state index contributed by atoms with van der Waals surface area (Å²) in [5, 5.41) is 0. The lowest BCUT2D eigenvalue weighted by atomic mass is 9.77. The van der Waals surface area contributed by atoms with Crippen LogP contribution in [0.2, 0.25) is 0 Å². The zero-order valence-corrected chi connectivity index (χ0v) is 13.0. The topological polar surface area (TPSA) is 9.23 Å². The molecule has 110 valence electrons. The zero-order valence-electron chi connectivity index (χ0n) is 13.0. The van der Waals surface area contributed by atoms with Crippen molar-refractivity contribution < 1.29 is 4.74 Å². The van der Waals surface area contributed by atoms with E-state index in [9.17, 15) is 0 Å². The fourth-order valence-electron chi connectivity index (χ4n) is 3.34. The maximum atomic E-state index is 5.17. The summed E-state index contributed by atoms with van der Waals surface area (Å²) in [5.74, 6) is 1.74. The summed E-state index contributed by atoms with van der Waals surface area (Å²) in [5.41, 5.74) is 2.80. The summed E-state index contributed by atoms with van der Waals surface area (Å²) in [6.07, 6.45) is 12.7. The first-order valence-electron chi connectivity index (χ1n) is 8.02. The Kier molecular flexibility index (Phi) is 6.32. The third kappa shape index (κ3) is 4.49. The van der Waals surface area contributed by atoms with Gasteiger partial charge in [0.15, 0.2) is 0 Å². The Morgan fingerprint density at radius 2 is 1.80 bits per heavy atom. The fourth-order valence-corrected chi connectivity index (χ4v) is 3.34. The van der Waals surface area contributed by atoms with E-state index in [-0.39, 0.29) is 0 Å². The molecule has 0 unspecified atom stereocenters. The van der Waals surface area contributed by atoms with E-state index >= 15 is 0 Å². The van der Waals surface area contributed by atoms with Crippen LogP contribution >= 0.6 is 0 Å². The second-order valence-corrected chi connectivity index (χ2v) is 6.04. The van der Waals surface area contributed by atoms with Crippen LogP contribution in [0.1, 0.15) is 62.5 Å². The van der Waals surface area contributed by atoms with Crippen molar-refractivity contribution in [3.05, 3.63) is 47.5 Å². The molecule has 0 radical (unpaired) electrons. The fraction of sp³-hybridized carbons (Fsp3) is 0.579. The Morgan fingerprint density at radius 1 is 1.10 bits per heavy atom. The van der Waals surface area contributed by atoms with E-state index in [1.165, 1.54) is 49.7 Å². The number of benzene rings is 1. The van der Waals surface area contributed by atoms with Crippen LogP contribution in [-0.2, 0) is 11.3 Å². The standard InChI is InChI=1S/C19H28O/c1-3-4-5-6-16-7-11-18(12-8-16)19-13-9-17(10-14-19)15-20-2/h3-4,9-10,13-14,16,18H,5-8,11-12,15H2,1-2H3/t16-,18-. The number of methoxy groups -OCH3 is 1. The first-order chi connectivity index (χ1) is 9.83. The minimum Gasteiger partial charge on any atom is -0.380 e. The van der Waals surface area contributed by atoms with Gasteiger partial charge in [-0.05, 0) is 68.4 Å². The molecule has 0 N–H and O–H groups in total. The predicted molar refractivity (Wildman–Crippen MR) is 85.9 cm³/mol. The van der Waals surface area contributed by atoms with Crippen molar-refractivity contribution in [3.63, 3.8) is 0 Å². The molecule has 0 bridgehead atoms. The largest absolute Gasteiger partial charge is 0.380 e. The Labute approximate surface area is 124 Å². The molecule has 0 amide bonds. The third-order valence-electron chi connectivity index (χ3n) is 4.59. The molecular formula is C19H28O. The van der Waals surface area contributed by atoms with Crippen LogP contribution in [0, 0.1) is 5.92 Å². The quantitative estimate of drug-likeness (QED) is 0.624. The Bertz CT molecular complexity index is 396. The van der Waals surface area contributed by atoms with Gasteiger partial charge in [0.1, 0.15) is 0 Å². The molecule has 1 aromatic carbocycles. The van der Waals surface area contributed by atoms with Crippen LogP contribution in [0.15, 0.2) is 36.4 Å². The summed E-state index contributed by atoms with van der Waals surface area (Å²) in [6.45, 7) is 2.84. The summed E-state index contributed by atoms with van der Waals surface area (Å²) < 4.78 is 5.17. The Morgan fingerprint density at radius 3 is 2.40 bits per heavy atom. The molecule has 2 rings (SSSR count). The SMILES string of the molecule is CC=CCC[C@H]1CC[C@H](c2ccc(COC)cc2)CC1. The van der Waals surface area contributed by atoms with Gasteiger partial charge in [-0.25, -0.2) is 0 Å². The minimum absolute atomic E-state index is 0.720. The van der Waals surface area contributed by atoms with E-state index in [0.717, 1.165) is 18.4 Å². The molecule has 1 nitrogen and oxygen atoms in total. The van der Waals surface area contributed by atoms with Crippen molar-refractivity contribution >= 4 is 0 Å². The summed E-state index contributed by atoms with van der Waals surface area (Å²) in [7, 11) is 1.75. The lowest BCUT2D eigenvalue weighted by molar-refractivity contribution is 0.185. The summed E-state index contributed by atoms with van der Waals surface area (Å²) in [6, 6.07) is 9.05. The first kappa shape index (κ1) is 15.3. The predicted octanol–water partition coefficient (Wildman–Crippen LogP) is 5.46. The van der Waals surface area contributed by atoms with E-state index < -0.39 is 0 Å². The Hall–Kier alpha value is -1.08. The summed E-state index contributed by atoms with van der Waals surface area (Å²) in [4.78, 5) is 0. The number of rotatable bonds is 6. The van der Waals surface area contributed by atoms with Gasteiger partial charge in [-0.2, -0.15) is 0 Å². The third-order valence-corrected chi connectivity index (χ3v) is 4.59. The molecule has 0 saturated heterocycles. The average Bonchev–Trinajstić information content (AvgIpc) is 2.49. The lowest BCUT2D eigenvalue weighted by Crippen LogP contribution is -2.13. The highest BCUT2D eigenvalue weighted by Gasteiger charge is 2.21. The lowest BCUT2D eigenvalue weighted by Gasteiger charge is -2.28. The van der Waals surface area contributed by atoms with Crippen molar-refractivity contribution in [3.8, 4) is 0 Å². The molecule has 1 heteroatoms. The van der Waals surface area contributed by atoms with Crippen molar-refractivity contribution in [2.75, 3.05) is 7.11 Å². The minimum atomic E-state index is 0.720. The number of ether oxygens (including phenoxy) is 1. The molecule has 0 aromatic heterocycles. The van der Waals surface area contributed by atoms with Crippen LogP contribution in [0.4, 0.5) is 0 Å². The molecule has 1 aliphatic carbocycles. The molecule has 1 aromatic rings. The van der Waals surface area contributed by atoms with E-state index in [1.807, 2.05) is 0 Å². The van der Waals surface area contributed by atoms with E-state index in [1.54, 1.807) is 7.11 Å².